The lowest BCUT2D eigenvalue weighted by Gasteiger charge is -2.21. The van der Waals surface area contributed by atoms with E-state index in [1.807, 2.05) is 19.1 Å². The molecule has 1 aromatic carbocycles. The Hall–Kier alpha value is -1.22. The van der Waals surface area contributed by atoms with E-state index < -0.39 is 11.4 Å². The third-order valence-corrected chi connectivity index (χ3v) is 3.26. The minimum atomic E-state index is -0.841. The van der Waals surface area contributed by atoms with E-state index in [4.69, 9.17) is 21.4 Å². The summed E-state index contributed by atoms with van der Waals surface area (Å²) in [5.74, 6) is -0.266. The zero-order valence-corrected chi connectivity index (χ0v) is 11.3. The molecule has 0 aliphatic heterocycles. The molecule has 0 bridgehead atoms. The number of benzene rings is 1. The first-order chi connectivity index (χ1) is 7.79. The van der Waals surface area contributed by atoms with Crippen molar-refractivity contribution in [2.24, 2.45) is 5.41 Å². The van der Waals surface area contributed by atoms with Crippen LogP contribution >= 0.6 is 11.6 Å². The van der Waals surface area contributed by atoms with Crippen LogP contribution in [0.15, 0.2) is 12.1 Å². The summed E-state index contributed by atoms with van der Waals surface area (Å²) in [5.41, 5.74) is 0.891. The molecule has 0 spiro atoms. The van der Waals surface area contributed by atoms with Crippen LogP contribution in [0.25, 0.3) is 0 Å². The smallest absolute Gasteiger partial charge is 0.309 e. The second kappa shape index (κ2) is 4.96. The number of aliphatic carboxylic acids is 1. The van der Waals surface area contributed by atoms with Gasteiger partial charge in [0.25, 0.3) is 0 Å². The van der Waals surface area contributed by atoms with Gasteiger partial charge in [-0.3, -0.25) is 4.79 Å². The highest BCUT2D eigenvalue weighted by Gasteiger charge is 2.29. The highest BCUT2D eigenvalue weighted by Crippen LogP contribution is 2.35. The van der Waals surface area contributed by atoms with E-state index in [0.29, 0.717) is 17.2 Å². The maximum Gasteiger partial charge on any atom is 0.309 e. The van der Waals surface area contributed by atoms with Gasteiger partial charge in [0.15, 0.2) is 0 Å². The van der Waals surface area contributed by atoms with Crippen molar-refractivity contribution in [1.82, 2.24) is 0 Å². The van der Waals surface area contributed by atoms with Crippen LogP contribution in [-0.4, -0.2) is 18.2 Å². The SMILES string of the molecule is COc1c(CC(C)(C)C(=O)O)ccc(C)c1Cl. The summed E-state index contributed by atoms with van der Waals surface area (Å²) >= 11 is 6.13. The van der Waals surface area contributed by atoms with E-state index in [0.717, 1.165) is 11.1 Å². The first kappa shape index (κ1) is 13.8. The number of halogens is 1. The summed E-state index contributed by atoms with van der Waals surface area (Å²) in [7, 11) is 1.54. The third kappa shape index (κ3) is 2.91. The van der Waals surface area contributed by atoms with E-state index in [-0.39, 0.29) is 0 Å². The van der Waals surface area contributed by atoms with Crippen LogP contribution < -0.4 is 4.74 Å². The van der Waals surface area contributed by atoms with E-state index in [1.54, 1.807) is 13.8 Å². The molecule has 1 aromatic rings. The summed E-state index contributed by atoms with van der Waals surface area (Å²) in [5, 5.41) is 9.66. The van der Waals surface area contributed by atoms with Crippen LogP contribution in [0.5, 0.6) is 5.75 Å². The normalized spacial score (nSPS) is 11.4. The molecule has 0 aromatic heterocycles. The Morgan fingerprint density at radius 1 is 1.47 bits per heavy atom. The Bertz CT molecular complexity index is 439. The number of methoxy groups -OCH3 is 1. The lowest BCUT2D eigenvalue weighted by Crippen LogP contribution is -2.26. The standard InChI is InChI=1S/C13H17ClO3/c1-8-5-6-9(11(17-4)10(8)14)7-13(2,3)12(15)16/h5-6H,7H2,1-4H3,(H,15,16). The predicted octanol–water partition coefficient (Wildman–Crippen LogP) is 3.31. The quantitative estimate of drug-likeness (QED) is 0.899. The monoisotopic (exact) mass is 256 g/mol. The Morgan fingerprint density at radius 2 is 2.06 bits per heavy atom. The van der Waals surface area contributed by atoms with Gasteiger partial charge >= 0.3 is 5.97 Å². The van der Waals surface area contributed by atoms with Crippen LogP contribution in [0.3, 0.4) is 0 Å². The topological polar surface area (TPSA) is 46.5 Å². The second-order valence-corrected chi connectivity index (χ2v) is 5.13. The molecule has 0 heterocycles. The van der Waals surface area contributed by atoms with Crippen molar-refractivity contribution in [2.75, 3.05) is 7.11 Å². The molecule has 0 unspecified atom stereocenters. The fraction of sp³-hybridized carbons (Fsp3) is 0.462. The average molecular weight is 257 g/mol. The highest BCUT2D eigenvalue weighted by atomic mass is 35.5. The van der Waals surface area contributed by atoms with Gasteiger partial charge in [0.2, 0.25) is 0 Å². The van der Waals surface area contributed by atoms with Crippen molar-refractivity contribution in [2.45, 2.75) is 27.2 Å². The minimum absolute atomic E-state index is 0.380. The maximum absolute atomic E-state index is 11.1. The maximum atomic E-state index is 11.1. The molecule has 0 amide bonds. The second-order valence-electron chi connectivity index (χ2n) is 4.75. The number of ether oxygens (including phenoxy) is 1. The summed E-state index contributed by atoms with van der Waals surface area (Å²) in [6, 6.07) is 3.74. The molecule has 1 N–H and O–H groups in total. The van der Waals surface area contributed by atoms with E-state index in [9.17, 15) is 4.79 Å². The van der Waals surface area contributed by atoms with E-state index >= 15 is 0 Å². The van der Waals surface area contributed by atoms with Crippen molar-refractivity contribution in [3.8, 4) is 5.75 Å². The van der Waals surface area contributed by atoms with Gasteiger partial charge in [-0.25, -0.2) is 0 Å². The fourth-order valence-corrected chi connectivity index (χ4v) is 1.87. The molecule has 3 nitrogen and oxygen atoms in total. The van der Waals surface area contributed by atoms with Crippen LogP contribution in [0.4, 0.5) is 0 Å². The summed E-state index contributed by atoms with van der Waals surface area (Å²) in [6.45, 7) is 5.25. The molecule has 0 aliphatic rings. The number of hydrogen-bond donors (Lipinski definition) is 1. The number of hydrogen-bond acceptors (Lipinski definition) is 2. The van der Waals surface area contributed by atoms with Gasteiger partial charge in [-0.15, -0.1) is 0 Å². The molecule has 0 saturated heterocycles. The lowest BCUT2D eigenvalue weighted by molar-refractivity contribution is -0.146. The largest absolute Gasteiger partial charge is 0.495 e. The Kier molecular flexibility index (Phi) is 4.04. The number of aryl methyl sites for hydroxylation is 1. The van der Waals surface area contributed by atoms with Gasteiger partial charge in [0.05, 0.1) is 17.5 Å². The molecular formula is C13H17ClO3. The van der Waals surface area contributed by atoms with Crippen molar-refractivity contribution in [1.29, 1.82) is 0 Å². The van der Waals surface area contributed by atoms with Gasteiger partial charge in [-0.1, -0.05) is 23.7 Å². The number of carboxylic acids is 1. The molecule has 4 heteroatoms. The first-order valence-corrected chi connectivity index (χ1v) is 5.72. The van der Waals surface area contributed by atoms with Crippen molar-refractivity contribution >= 4 is 17.6 Å². The van der Waals surface area contributed by atoms with Crippen LogP contribution in [0.1, 0.15) is 25.0 Å². The Labute approximate surface area is 106 Å². The number of rotatable bonds is 4. The first-order valence-electron chi connectivity index (χ1n) is 5.35. The van der Waals surface area contributed by atoms with Gasteiger partial charge < -0.3 is 9.84 Å². The third-order valence-electron chi connectivity index (χ3n) is 2.79. The molecule has 1 rings (SSSR count). The predicted molar refractivity (Wildman–Crippen MR) is 67.9 cm³/mol. The summed E-state index contributed by atoms with van der Waals surface area (Å²) < 4.78 is 5.26. The van der Waals surface area contributed by atoms with Crippen molar-refractivity contribution in [3.63, 3.8) is 0 Å². The van der Waals surface area contributed by atoms with Gasteiger partial charge in [0.1, 0.15) is 5.75 Å². The number of carboxylic acid groups (broad SMARTS) is 1. The zero-order valence-electron chi connectivity index (χ0n) is 10.5. The lowest BCUT2D eigenvalue weighted by atomic mass is 9.85. The Balaban J connectivity index is 3.16. The van der Waals surface area contributed by atoms with Gasteiger partial charge in [-0.2, -0.15) is 0 Å². The molecular weight excluding hydrogens is 240 g/mol. The van der Waals surface area contributed by atoms with Crippen LogP contribution in [0.2, 0.25) is 5.02 Å². The molecule has 17 heavy (non-hydrogen) atoms. The molecule has 0 saturated carbocycles. The van der Waals surface area contributed by atoms with Crippen molar-refractivity contribution in [3.05, 3.63) is 28.3 Å². The number of carbonyl (C=O) groups is 1. The Morgan fingerprint density at radius 3 is 2.53 bits per heavy atom. The summed E-state index contributed by atoms with van der Waals surface area (Å²) in [4.78, 5) is 11.1. The fourth-order valence-electron chi connectivity index (χ4n) is 1.61. The molecule has 0 aliphatic carbocycles. The molecule has 0 fully saturated rings. The van der Waals surface area contributed by atoms with Crippen LogP contribution in [-0.2, 0) is 11.2 Å². The molecule has 0 radical (unpaired) electrons. The molecule has 0 atom stereocenters. The minimum Gasteiger partial charge on any atom is -0.495 e. The zero-order chi connectivity index (χ0) is 13.2. The molecule has 94 valence electrons. The van der Waals surface area contributed by atoms with Gasteiger partial charge in [0, 0.05) is 0 Å². The van der Waals surface area contributed by atoms with Crippen LogP contribution in [0, 0.1) is 12.3 Å². The van der Waals surface area contributed by atoms with E-state index in [1.165, 1.54) is 7.11 Å². The van der Waals surface area contributed by atoms with Gasteiger partial charge in [-0.05, 0) is 38.3 Å². The average Bonchev–Trinajstić information content (AvgIpc) is 2.23. The van der Waals surface area contributed by atoms with Crippen molar-refractivity contribution < 1.29 is 14.6 Å². The highest BCUT2D eigenvalue weighted by molar-refractivity contribution is 6.32. The summed E-state index contributed by atoms with van der Waals surface area (Å²) in [6.07, 6.45) is 0.380. The van der Waals surface area contributed by atoms with E-state index in [2.05, 4.69) is 0 Å².